The van der Waals surface area contributed by atoms with E-state index in [2.05, 4.69) is 25.9 Å². The molecule has 2 heterocycles. The maximum absolute atomic E-state index is 14.0. The highest BCUT2D eigenvalue weighted by Gasteiger charge is 2.20. The second kappa shape index (κ2) is 10.5. The highest BCUT2D eigenvalue weighted by atomic mass is 79.9. The molecule has 2 aromatic heterocycles. The molecule has 0 radical (unpaired) electrons. The standard InChI is InChI=1S/C25H21BrFN3O3/c26-23-8-4-7-19(30-23)12-18(28)15-32-22-10-9-21-20(11-17(27)13-29-21)24(22)25(31)33-14-16-5-2-1-3-6-16/h1-11,13,18H,12,14-15,28H2/t18-/m1/s1. The molecule has 0 saturated carbocycles. The maximum Gasteiger partial charge on any atom is 0.342 e. The molecule has 2 N–H and O–H groups in total. The summed E-state index contributed by atoms with van der Waals surface area (Å²) in [4.78, 5) is 21.5. The maximum atomic E-state index is 14.0. The van der Waals surface area contributed by atoms with Crippen LogP contribution in [0.1, 0.15) is 21.6 Å². The van der Waals surface area contributed by atoms with E-state index in [9.17, 15) is 9.18 Å². The first-order valence-corrected chi connectivity index (χ1v) is 11.1. The average molecular weight is 510 g/mol. The van der Waals surface area contributed by atoms with Crippen molar-refractivity contribution in [2.45, 2.75) is 19.1 Å². The first kappa shape index (κ1) is 22.8. The van der Waals surface area contributed by atoms with Gasteiger partial charge in [-0.1, -0.05) is 36.4 Å². The minimum absolute atomic E-state index is 0.0757. The van der Waals surface area contributed by atoms with E-state index >= 15 is 0 Å². The van der Waals surface area contributed by atoms with E-state index in [4.69, 9.17) is 15.2 Å². The second-order valence-corrected chi connectivity index (χ2v) is 8.26. The molecule has 6 nitrogen and oxygen atoms in total. The number of halogens is 2. The molecular weight excluding hydrogens is 489 g/mol. The molecule has 4 aromatic rings. The normalized spacial score (nSPS) is 11.8. The van der Waals surface area contributed by atoms with Crippen molar-refractivity contribution >= 4 is 32.8 Å². The van der Waals surface area contributed by atoms with Crippen molar-refractivity contribution < 1.29 is 18.7 Å². The van der Waals surface area contributed by atoms with E-state index in [-0.39, 0.29) is 30.6 Å². The quantitative estimate of drug-likeness (QED) is 0.270. The third-order valence-electron chi connectivity index (χ3n) is 4.91. The largest absolute Gasteiger partial charge is 0.491 e. The van der Waals surface area contributed by atoms with Crippen LogP contribution in [0, 0.1) is 5.82 Å². The molecule has 0 amide bonds. The summed E-state index contributed by atoms with van der Waals surface area (Å²) in [5.41, 5.74) is 8.45. The average Bonchev–Trinajstić information content (AvgIpc) is 2.81. The fourth-order valence-electron chi connectivity index (χ4n) is 3.37. The molecule has 4 rings (SSSR count). The number of nitrogens with zero attached hydrogens (tertiary/aromatic N) is 2. The smallest absolute Gasteiger partial charge is 0.342 e. The van der Waals surface area contributed by atoms with Crippen LogP contribution in [0.15, 0.2) is 77.5 Å². The molecule has 0 aliphatic carbocycles. The Balaban J connectivity index is 1.55. The van der Waals surface area contributed by atoms with Crippen LogP contribution in [0.5, 0.6) is 5.75 Å². The summed E-state index contributed by atoms with van der Waals surface area (Å²) in [7, 11) is 0. The number of rotatable bonds is 8. The number of carbonyl (C=O) groups excluding carboxylic acids is 1. The lowest BCUT2D eigenvalue weighted by Crippen LogP contribution is -2.30. The monoisotopic (exact) mass is 509 g/mol. The molecule has 2 aromatic carbocycles. The third-order valence-corrected chi connectivity index (χ3v) is 5.35. The molecule has 0 saturated heterocycles. The number of nitrogens with two attached hydrogens (primary N) is 1. The van der Waals surface area contributed by atoms with Gasteiger partial charge in [0, 0.05) is 23.5 Å². The highest BCUT2D eigenvalue weighted by molar-refractivity contribution is 9.10. The molecule has 0 fully saturated rings. The van der Waals surface area contributed by atoms with Crippen LogP contribution in [-0.4, -0.2) is 28.6 Å². The van der Waals surface area contributed by atoms with Crippen LogP contribution < -0.4 is 10.5 Å². The number of ether oxygens (including phenoxy) is 2. The van der Waals surface area contributed by atoms with Crippen LogP contribution in [0.4, 0.5) is 4.39 Å². The first-order valence-electron chi connectivity index (χ1n) is 10.3. The molecule has 8 heteroatoms. The van der Waals surface area contributed by atoms with Crippen molar-refractivity contribution in [2.24, 2.45) is 5.73 Å². The fraction of sp³-hybridized carbons (Fsp3) is 0.160. The topological polar surface area (TPSA) is 87.3 Å². The molecule has 0 unspecified atom stereocenters. The van der Waals surface area contributed by atoms with E-state index in [1.807, 2.05) is 48.5 Å². The lowest BCUT2D eigenvalue weighted by Gasteiger charge is -2.17. The van der Waals surface area contributed by atoms with Gasteiger partial charge in [0.05, 0.1) is 11.7 Å². The van der Waals surface area contributed by atoms with Crippen LogP contribution in [0.2, 0.25) is 0 Å². The summed E-state index contributed by atoms with van der Waals surface area (Å²) >= 11 is 3.34. The van der Waals surface area contributed by atoms with E-state index in [1.54, 1.807) is 12.1 Å². The molecule has 168 valence electrons. The number of benzene rings is 2. The van der Waals surface area contributed by atoms with Crippen molar-refractivity contribution in [2.75, 3.05) is 6.61 Å². The van der Waals surface area contributed by atoms with Crippen molar-refractivity contribution in [3.05, 3.63) is 100 Å². The van der Waals surface area contributed by atoms with Gasteiger partial charge in [-0.05, 0) is 51.8 Å². The fourth-order valence-corrected chi connectivity index (χ4v) is 3.75. The Bertz CT molecular complexity index is 1270. The Kier molecular flexibility index (Phi) is 7.26. The SMILES string of the molecule is N[C@@H](COc1ccc2ncc(F)cc2c1C(=O)OCc1ccccc1)Cc1cccc(Br)n1. The number of hydrogen-bond acceptors (Lipinski definition) is 6. The number of esters is 1. The third kappa shape index (κ3) is 5.91. The Morgan fingerprint density at radius 1 is 1.09 bits per heavy atom. The van der Waals surface area contributed by atoms with E-state index in [0.29, 0.717) is 17.3 Å². The van der Waals surface area contributed by atoms with Crippen LogP contribution in [0.25, 0.3) is 10.9 Å². The zero-order valence-corrected chi connectivity index (χ0v) is 19.2. The van der Waals surface area contributed by atoms with E-state index in [1.165, 1.54) is 6.07 Å². The van der Waals surface area contributed by atoms with Crippen molar-refractivity contribution in [3.8, 4) is 5.75 Å². The Morgan fingerprint density at radius 2 is 1.91 bits per heavy atom. The highest BCUT2D eigenvalue weighted by Crippen LogP contribution is 2.29. The number of aromatic nitrogens is 2. The van der Waals surface area contributed by atoms with E-state index < -0.39 is 11.8 Å². The lowest BCUT2D eigenvalue weighted by molar-refractivity contribution is 0.0470. The molecule has 0 spiro atoms. The van der Waals surface area contributed by atoms with Gasteiger partial charge >= 0.3 is 5.97 Å². The number of carbonyl (C=O) groups is 1. The summed E-state index contributed by atoms with van der Waals surface area (Å²) in [6, 6.07) is 19.1. The van der Waals surface area contributed by atoms with E-state index in [0.717, 1.165) is 22.1 Å². The van der Waals surface area contributed by atoms with Crippen LogP contribution >= 0.6 is 15.9 Å². The van der Waals surface area contributed by atoms with Gasteiger partial charge in [0.1, 0.15) is 34.9 Å². The van der Waals surface area contributed by atoms with Crippen molar-refractivity contribution in [1.29, 1.82) is 0 Å². The summed E-state index contributed by atoms with van der Waals surface area (Å²) in [6.07, 6.45) is 1.58. The van der Waals surface area contributed by atoms with Gasteiger partial charge < -0.3 is 15.2 Å². The second-order valence-electron chi connectivity index (χ2n) is 7.45. The van der Waals surface area contributed by atoms with Crippen LogP contribution in [-0.2, 0) is 17.8 Å². The molecule has 1 atom stereocenters. The molecule has 0 aliphatic rings. The summed E-state index contributed by atoms with van der Waals surface area (Å²) in [6.45, 7) is 0.202. The predicted molar refractivity (Wildman–Crippen MR) is 126 cm³/mol. The minimum atomic E-state index is -0.630. The molecule has 33 heavy (non-hydrogen) atoms. The zero-order chi connectivity index (χ0) is 23.2. The van der Waals surface area contributed by atoms with Gasteiger partial charge in [0.25, 0.3) is 0 Å². The summed E-state index contributed by atoms with van der Waals surface area (Å²) < 4.78 is 26.1. The summed E-state index contributed by atoms with van der Waals surface area (Å²) in [5, 5.41) is 0.313. The lowest BCUT2D eigenvalue weighted by atomic mass is 10.1. The number of pyridine rings is 2. The van der Waals surface area contributed by atoms with Crippen LogP contribution in [0.3, 0.4) is 0 Å². The Labute approximate surface area is 198 Å². The van der Waals surface area contributed by atoms with Gasteiger partial charge in [-0.15, -0.1) is 0 Å². The first-order chi connectivity index (χ1) is 16.0. The van der Waals surface area contributed by atoms with Crippen molar-refractivity contribution in [3.63, 3.8) is 0 Å². The van der Waals surface area contributed by atoms with Gasteiger partial charge in [0.15, 0.2) is 0 Å². The summed E-state index contributed by atoms with van der Waals surface area (Å²) in [5.74, 6) is -0.936. The van der Waals surface area contributed by atoms with Gasteiger partial charge in [-0.3, -0.25) is 4.98 Å². The predicted octanol–water partition coefficient (Wildman–Crippen LogP) is 4.84. The Morgan fingerprint density at radius 3 is 2.70 bits per heavy atom. The molecule has 0 bridgehead atoms. The van der Waals surface area contributed by atoms with Gasteiger partial charge in [0.2, 0.25) is 0 Å². The zero-order valence-electron chi connectivity index (χ0n) is 17.6. The van der Waals surface area contributed by atoms with Gasteiger partial charge in [-0.2, -0.15) is 0 Å². The molecular formula is C25H21BrFN3O3. The minimum Gasteiger partial charge on any atom is -0.491 e. The number of hydrogen-bond donors (Lipinski definition) is 1. The van der Waals surface area contributed by atoms with Crippen molar-refractivity contribution in [1.82, 2.24) is 9.97 Å². The molecule has 0 aliphatic heterocycles. The Hall–Kier alpha value is -3.36. The number of fused-ring (bicyclic) bond motifs is 1. The van der Waals surface area contributed by atoms with Gasteiger partial charge in [-0.25, -0.2) is 14.2 Å².